The highest BCUT2D eigenvalue weighted by Crippen LogP contribution is 2.26. The van der Waals surface area contributed by atoms with Crippen molar-refractivity contribution in [2.75, 3.05) is 0 Å². The van der Waals surface area contributed by atoms with E-state index < -0.39 is 0 Å². The smallest absolute Gasteiger partial charge is 0.123 e. The van der Waals surface area contributed by atoms with Crippen molar-refractivity contribution in [2.45, 2.75) is 32.4 Å². The number of aryl methyl sites for hydroxylation is 1. The highest BCUT2D eigenvalue weighted by atomic mass is 79.9. The Bertz CT molecular complexity index is 570. The number of rotatable bonds is 6. The number of nitrogens with one attached hydrogen (secondary N) is 1. The summed E-state index contributed by atoms with van der Waals surface area (Å²) >= 11 is 3.44. The minimum atomic E-state index is -0.277. The van der Waals surface area contributed by atoms with Crippen LogP contribution in [0.1, 0.15) is 30.8 Å². The van der Waals surface area contributed by atoms with Crippen molar-refractivity contribution in [1.29, 1.82) is 0 Å². The first kappa shape index (κ1) is 15.2. The van der Waals surface area contributed by atoms with Gasteiger partial charge in [-0.1, -0.05) is 22.9 Å². The third-order valence-corrected chi connectivity index (χ3v) is 3.91. The van der Waals surface area contributed by atoms with E-state index in [2.05, 4.69) is 37.8 Å². The maximum Gasteiger partial charge on any atom is 0.123 e. The van der Waals surface area contributed by atoms with E-state index in [0.29, 0.717) is 6.42 Å². The molecule has 0 saturated carbocycles. The van der Waals surface area contributed by atoms with Crippen molar-refractivity contribution >= 4 is 15.9 Å². The molecule has 0 aliphatic rings. The van der Waals surface area contributed by atoms with E-state index in [1.807, 2.05) is 6.20 Å². The SMILES string of the molecule is CCCn1ccnc1CC(NN)c1cc(F)ccc1Br. The maximum absolute atomic E-state index is 13.4. The Balaban J connectivity index is 2.24. The third-order valence-electron chi connectivity index (χ3n) is 3.19. The molecule has 0 bridgehead atoms. The van der Waals surface area contributed by atoms with Crippen LogP contribution in [0.5, 0.6) is 0 Å². The molecule has 2 aromatic rings. The Morgan fingerprint density at radius 1 is 1.50 bits per heavy atom. The van der Waals surface area contributed by atoms with Crippen LogP contribution in [0.4, 0.5) is 4.39 Å². The average Bonchev–Trinajstić information content (AvgIpc) is 2.87. The number of hydrogen-bond donors (Lipinski definition) is 2. The monoisotopic (exact) mass is 340 g/mol. The summed E-state index contributed by atoms with van der Waals surface area (Å²) in [7, 11) is 0. The summed E-state index contributed by atoms with van der Waals surface area (Å²) in [5.41, 5.74) is 3.53. The van der Waals surface area contributed by atoms with E-state index in [9.17, 15) is 4.39 Å². The number of imidazole rings is 1. The molecule has 3 N–H and O–H groups in total. The number of nitrogens with two attached hydrogens (primary N) is 1. The Kier molecular flexibility index (Phi) is 5.28. The molecule has 0 aliphatic carbocycles. The fourth-order valence-corrected chi connectivity index (χ4v) is 2.72. The molecule has 4 nitrogen and oxygen atoms in total. The summed E-state index contributed by atoms with van der Waals surface area (Å²) in [5, 5.41) is 0. The Labute approximate surface area is 126 Å². The van der Waals surface area contributed by atoms with E-state index in [-0.39, 0.29) is 11.9 Å². The second-order valence-corrected chi connectivity index (χ2v) is 5.48. The highest BCUT2D eigenvalue weighted by Gasteiger charge is 2.17. The zero-order valence-corrected chi connectivity index (χ0v) is 12.9. The lowest BCUT2D eigenvalue weighted by molar-refractivity contribution is 0.511. The molecule has 0 fully saturated rings. The lowest BCUT2D eigenvalue weighted by Gasteiger charge is -2.18. The summed E-state index contributed by atoms with van der Waals surface area (Å²) in [5.74, 6) is 6.29. The van der Waals surface area contributed by atoms with E-state index in [4.69, 9.17) is 5.84 Å². The molecule has 1 heterocycles. The molecule has 0 amide bonds. The number of nitrogens with zero attached hydrogens (tertiary/aromatic N) is 2. The van der Waals surface area contributed by atoms with Gasteiger partial charge < -0.3 is 4.57 Å². The van der Waals surface area contributed by atoms with Crippen LogP contribution in [-0.2, 0) is 13.0 Å². The lowest BCUT2D eigenvalue weighted by atomic mass is 10.0. The van der Waals surface area contributed by atoms with Gasteiger partial charge in [0.05, 0.1) is 6.04 Å². The van der Waals surface area contributed by atoms with E-state index in [1.54, 1.807) is 12.3 Å². The molecule has 0 saturated heterocycles. The summed E-state index contributed by atoms with van der Waals surface area (Å²) in [4.78, 5) is 4.36. The first-order valence-corrected chi connectivity index (χ1v) is 7.36. The average molecular weight is 341 g/mol. The van der Waals surface area contributed by atoms with Gasteiger partial charge in [-0.3, -0.25) is 11.3 Å². The van der Waals surface area contributed by atoms with Crippen LogP contribution in [0.2, 0.25) is 0 Å². The van der Waals surface area contributed by atoms with E-state index in [0.717, 1.165) is 28.8 Å². The van der Waals surface area contributed by atoms with Gasteiger partial charge in [0, 0.05) is 29.8 Å². The lowest BCUT2D eigenvalue weighted by Crippen LogP contribution is -2.30. The molecule has 0 radical (unpaired) electrons. The number of benzene rings is 1. The van der Waals surface area contributed by atoms with Gasteiger partial charge in [0.1, 0.15) is 11.6 Å². The van der Waals surface area contributed by atoms with Crippen LogP contribution in [0.25, 0.3) is 0 Å². The molecular weight excluding hydrogens is 323 g/mol. The third kappa shape index (κ3) is 3.45. The molecule has 1 unspecified atom stereocenters. The van der Waals surface area contributed by atoms with Crippen molar-refractivity contribution in [1.82, 2.24) is 15.0 Å². The number of aromatic nitrogens is 2. The van der Waals surface area contributed by atoms with Crippen LogP contribution < -0.4 is 11.3 Å². The van der Waals surface area contributed by atoms with Gasteiger partial charge in [-0.25, -0.2) is 9.37 Å². The van der Waals surface area contributed by atoms with Gasteiger partial charge in [-0.05, 0) is 30.2 Å². The molecule has 0 aliphatic heterocycles. The first-order valence-electron chi connectivity index (χ1n) is 6.56. The van der Waals surface area contributed by atoms with Crippen molar-refractivity contribution in [3.05, 3.63) is 52.3 Å². The minimum absolute atomic E-state index is 0.196. The quantitative estimate of drug-likeness (QED) is 0.627. The second kappa shape index (κ2) is 6.97. The zero-order chi connectivity index (χ0) is 14.5. The number of hydrazine groups is 1. The van der Waals surface area contributed by atoms with Gasteiger partial charge in [-0.2, -0.15) is 0 Å². The zero-order valence-electron chi connectivity index (χ0n) is 11.3. The van der Waals surface area contributed by atoms with Crippen LogP contribution in [0, 0.1) is 5.82 Å². The maximum atomic E-state index is 13.4. The van der Waals surface area contributed by atoms with Crippen LogP contribution in [0.3, 0.4) is 0 Å². The Morgan fingerprint density at radius 3 is 3.00 bits per heavy atom. The second-order valence-electron chi connectivity index (χ2n) is 4.63. The van der Waals surface area contributed by atoms with Gasteiger partial charge in [0.15, 0.2) is 0 Å². The van der Waals surface area contributed by atoms with Crippen molar-refractivity contribution in [3.8, 4) is 0 Å². The minimum Gasteiger partial charge on any atom is -0.335 e. The predicted molar refractivity (Wildman–Crippen MR) is 80.4 cm³/mol. The molecule has 108 valence electrons. The summed E-state index contributed by atoms with van der Waals surface area (Å²) in [6, 6.07) is 4.40. The molecule has 6 heteroatoms. The predicted octanol–water partition coefficient (Wildman–Crippen LogP) is 2.94. The van der Waals surface area contributed by atoms with Crippen molar-refractivity contribution in [2.24, 2.45) is 5.84 Å². The number of halogens is 2. The van der Waals surface area contributed by atoms with Crippen LogP contribution in [-0.4, -0.2) is 9.55 Å². The fraction of sp³-hybridized carbons (Fsp3) is 0.357. The molecule has 2 rings (SSSR count). The fourth-order valence-electron chi connectivity index (χ4n) is 2.20. The standard InChI is InChI=1S/C14H18BrFN4/c1-2-6-20-7-5-18-14(20)9-13(19-17)11-8-10(16)3-4-12(11)15/h3-5,7-8,13,19H,2,6,9,17H2,1H3. The van der Waals surface area contributed by atoms with Crippen molar-refractivity contribution < 1.29 is 4.39 Å². The topological polar surface area (TPSA) is 55.9 Å². The van der Waals surface area contributed by atoms with Crippen LogP contribution in [0.15, 0.2) is 35.1 Å². The molecule has 1 aromatic carbocycles. The molecular formula is C14H18BrFN4. The van der Waals surface area contributed by atoms with Gasteiger partial charge >= 0.3 is 0 Å². The largest absolute Gasteiger partial charge is 0.335 e. The summed E-state index contributed by atoms with van der Waals surface area (Å²) in [6.45, 7) is 3.03. The normalized spacial score (nSPS) is 12.6. The summed E-state index contributed by atoms with van der Waals surface area (Å²) < 4.78 is 16.3. The highest BCUT2D eigenvalue weighted by molar-refractivity contribution is 9.10. The van der Waals surface area contributed by atoms with Gasteiger partial charge in [0.25, 0.3) is 0 Å². The van der Waals surface area contributed by atoms with Gasteiger partial charge in [-0.15, -0.1) is 0 Å². The Morgan fingerprint density at radius 2 is 2.30 bits per heavy atom. The van der Waals surface area contributed by atoms with Crippen molar-refractivity contribution in [3.63, 3.8) is 0 Å². The number of hydrogen-bond acceptors (Lipinski definition) is 3. The molecule has 1 atom stereocenters. The molecule has 0 spiro atoms. The van der Waals surface area contributed by atoms with Crippen LogP contribution >= 0.6 is 15.9 Å². The van der Waals surface area contributed by atoms with Gasteiger partial charge in [0.2, 0.25) is 0 Å². The van der Waals surface area contributed by atoms with E-state index >= 15 is 0 Å². The first-order chi connectivity index (χ1) is 9.65. The Hall–Kier alpha value is -1.24. The molecule has 20 heavy (non-hydrogen) atoms. The summed E-state index contributed by atoms with van der Waals surface area (Å²) in [6.07, 6.45) is 5.37. The molecule has 1 aromatic heterocycles. The van der Waals surface area contributed by atoms with E-state index in [1.165, 1.54) is 12.1 Å².